The Kier molecular flexibility index (Phi) is 4.25. The fraction of sp³-hybridized carbons (Fsp3) is 0.500. The van der Waals surface area contributed by atoms with Crippen molar-refractivity contribution in [1.29, 1.82) is 0 Å². The highest BCUT2D eigenvalue weighted by Crippen LogP contribution is 2.35. The maximum atomic E-state index is 5.53. The summed E-state index contributed by atoms with van der Waals surface area (Å²) in [7, 11) is 3.25. The van der Waals surface area contributed by atoms with Crippen LogP contribution in [0.25, 0.3) is 0 Å². The smallest absolute Gasteiger partial charge is 0.137 e. The largest absolute Gasteiger partial charge is 0.495 e. The summed E-state index contributed by atoms with van der Waals surface area (Å²) in [5.41, 5.74) is 1.02. The van der Waals surface area contributed by atoms with Crippen molar-refractivity contribution in [2.45, 2.75) is 12.7 Å². The zero-order chi connectivity index (χ0) is 12.3. The van der Waals surface area contributed by atoms with Crippen LogP contribution >= 0.6 is 15.9 Å². The lowest BCUT2D eigenvalue weighted by Gasteiger charge is -2.11. The number of rotatable bonds is 6. The fourth-order valence-electron chi connectivity index (χ4n) is 1.48. The maximum Gasteiger partial charge on any atom is 0.137 e. The summed E-state index contributed by atoms with van der Waals surface area (Å²) < 4.78 is 21.9. The van der Waals surface area contributed by atoms with E-state index in [9.17, 15) is 0 Å². The minimum absolute atomic E-state index is 0.286. The molecule has 1 fully saturated rings. The SMILES string of the molecule is COc1cc(COC[C@H]2CO2)cc(OC)c1Br. The third-order valence-electron chi connectivity index (χ3n) is 2.48. The summed E-state index contributed by atoms with van der Waals surface area (Å²) in [6.45, 7) is 1.98. The lowest BCUT2D eigenvalue weighted by Crippen LogP contribution is -2.02. The second-order valence-corrected chi connectivity index (χ2v) is 4.58. The Balaban J connectivity index is 2.03. The van der Waals surface area contributed by atoms with Gasteiger partial charge in [-0.25, -0.2) is 0 Å². The van der Waals surface area contributed by atoms with E-state index in [2.05, 4.69) is 15.9 Å². The molecule has 0 amide bonds. The molecule has 1 atom stereocenters. The Bertz CT molecular complexity index is 365. The quantitative estimate of drug-likeness (QED) is 0.757. The Labute approximate surface area is 109 Å². The minimum atomic E-state index is 0.286. The predicted octanol–water partition coefficient (Wildman–Crippen LogP) is 2.38. The number of hydrogen-bond acceptors (Lipinski definition) is 4. The van der Waals surface area contributed by atoms with Crippen LogP contribution in [0, 0.1) is 0 Å². The van der Waals surface area contributed by atoms with Crippen molar-refractivity contribution in [2.24, 2.45) is 0 Å². The highest BCUT2D eigenvalue weighted by molar-refractivity contribution is 9.10. The van der Waals surface area contributed by atoms with Crippen LogP contribution in [0.5, 0.6) is 11.5 Å². The molecule has 1 saturated heterocycles. The third kappa shape index (κ3) is 3.34. The fourth-order valence-corrected chi connectivity index (χ4v) is 2.03. The van der Waals surface area contributed by atoms with E-state index in [4.69, 9.17) is 18.9 Å². The molecule has 1 aromatic carbocycles. The normalized spacial score (nSPS) is 17.9. The van der Waals surface area contributed by atoms with Crippen molar-refractivity contribution < 1.29 is 18.9 Å². The van der Waals surface area contributed by atoms with Gasteiger partial charge in [0.1, 0.15) is 22.1 Å². The number of hydrogen-bond donors (Lipinski definition) is 0. The zero-order valence-corrected chi connectivity index (χ0v) is 11.5. The van der Waals surface area contributed by atoms with E-state index in [-0.39, 0.29) is 6.10 Å². The van der Waals surface area contributed by atoms with Crippen LogP contribution in [-0.2, 0) is 16.1 Å². The highest BCUT2D eigenvalue weighted by Gasteiger charge is 2.22. The molecule has 0 N–H and O–H groups in total. The highest BCUT2D eigenvalue weighted by atomic mass is 79.9. The molecule has 94 valence electrons. The van der Waals surface area contributed by atoms with Crippen LogP contribution in [0.15, 0.2) is 16.6 Å². The lowest BCUT2D eigenvalue weighted by atomic mass is 10.2. The molecule has 1 heterocycles. The van der Waals surface area contributed by atoms with Gasteiger partial charge in [-0.3, -0.25) is 0 Å². The molecule has 4 nitrogen and oxygen atoms in total. The molecule has 0 aliphatic carbocycles. The van der Waals surface area contributed by atoms with Crippen molar-refractivity contribution in [3.05, 3.63) is 22.2 Å². The van der Waals surface area contributed by atoms with Gasteiger partial charge < -0.3 is 18.9 Å². The van der Waals surface area contributed by atoms with Gasteiger partial charge in [-0.05, 0) is 33.6 Å². The molecule has 2 rings (SSSR count). The summed E-state index contributed by atoms with van der Waals surface area (Å²) >= 11 is 3.43. The van der Waals surface area contributed by atoms with Gasteiger partial charge in [0.25, 0.3) is 0 Å². The topological polar surface area (TPSA) is 40.2 Å². The van der Waals surface area contributed by atoms with Crippen LogP contribution < -0.4 is 9.47 Å². The van der Waals surface area contributed by atoms with E-state index in [1.165, 1.54) is 0 Å². The number of methoxy groups -OCH3 is 2. The van der Waals surface area contributed by atoms with E-state index < -0.39 is 0 Å². The molecular weight excluding hydrogens is 288 g/mol. The number of epoxide rings is 1. The van der Waals surface area contributed by atoms with Crippen molar-refractivity contribution in [2.75, 3.05) is 27.4 Å². The average molecular weight is 303 g/mol. The van der Waals surface area contributed by atoms with Crippen LogP contribution in [0.2, 0.25) is 0 Å². The molecule has 0 spiro atoms. The van der Waals surface area contributed by atoms with Gasteiger partial charge >= 0.3 is 0 Å². The average Bonchev–Trinajstić information content (AvgIpc) is 3.15. The zero-order valence-electron chi connectivity index (χ0n) is 9.86. The Hall–Kier alpha value is -0.780. The summed E-state index contributed by atoms with van der Waals surface area (Å²) in [6, 6.07) is 3.86. The molecule has 0 saturated carbocycles. The van der Waals surface area contributed by atoms with E-state index in [1.54, 1.807) is 14.2 Å². The van der Waals surface area contributed by atoms with Crippen molar-refractivity contribution in [1.82, 2.24) is 0 Å². The molecule has 17 heavy (non-hydrogen) atoms. The van der Waals surface area contributed by atoms with Crippen molar-refractivity contribution >= 4 is 15.9 Å². The van der Waals surface area contributed by atoms with Crippen LogP contribution in [0.3, 0.4) is 0 Å². The number of ether oxygens (including phenoxy) is 4. The van der Waals surface area contributed by atoms with Gasteiger partial charge in [0.15, 0.2) is 0 Å². The molecule has 1 aliphatic heterocycles. The monoisotopic (exact) mass is 302 g/mol. The van der Waals surface area contributed by atoms with Gasteiger partial charge in [0, 0.05) is 0 Å². The molecule has 1 aromatic rings. The van der Waals surface area contributed by atoms with Crippen LogP contribution in [-0.4, -0.2) is 33.5 Å². The molecule has 0 unspecified atom stereocenters. The first kappa shape index (κ1) is 12.7. The molecule has 5 heteroatoms. The van der Waals surface area contributed by atoms with Gasteiger partial charge in [-0.2, -0.15) is 0 Å². The summed E-state index contributed by atoms with van der Waals surface area (Å²) in [5.74, 6) is 1.48. The first-order chi connectivity index (χ1) is 8.24. The van der Waals surface area contributed by atoms with E-state index in [1.807, 2.05) is 12.1 Å². The molecule has 0 radical (unpaired) electrons. The lowest BCUT2D eigenvalue weighted by molar-refractivity contribution is 0.104. The molecule has 1 aliphatic rings. The maximum absolute atomic E-state index is 5.53. The number of halogens is 1. The molecule has 0 aromatic heterocycles. The standard InChI is InChI=1S/C12H15BrO4/c1-14-10-3-8(4-11(15-2)12(10)13)5-16-6-9-7-17-9/h3-4,9H,5-7H2,1-2H3/t9-/m0/s1. The summed E-state index contributed by atoms with van der Waals surface area (Å²) in [4.78, 5) is 0. The summed E-state index contributed by atoms with van der Waals surface area (Å²) in [5, 5.41) is 0. The first-order valence-electron chi connectivity index (χ1n) is 5.34. The van der Waals surface area contributed by atoms with Crippen LogP contribution in [0.4, 0.5) is 0 Å². The molecular formula is C12H15BrO4. The first-order valence-corrected chi connectivity index (χ1v) is 6.13. The summed E-state index contributed by atoms with van der Waals surface area (Å²) in [6.07, 6.45) is 0.286. The van der Waals surface area contributed by atoms with E-state index in [0.717, 1.165) is 28.1 Å². The van der Waals surface area contributed by atoms with Gasteiger partial charge in [0.05, 0.1) is 34.0 Å². The van der Waals surface area contributed by atoms with Gasteiger partial charge in [-0.1, -0.05) is 0 Å². The Morgan fingerprint density at radius 2 is 1.88 bits per heavy atom. The molecule has 0 bridgehead atoms. The van der Waals surface area contributed by atoms with E-state index >= 15 is 0 Å². The minimum Gasteiger partial charge on any atom is -0.495 e. The Morgan fingerprint density at radius 1 is 1.29 bits per heavy atom. The van der Waals surface area contributed by atoms with E-state index in [0.29, 0.717) is 13.2 Å². The predicted molar refractivity (Wildman–Crippen MR) is 66.6 cm³/mol. The van der Waals surface area contributed by atoms with Crippen molar-refractivity contribution in [3.8, 4) is 11.5 Å². The van der Waals surface area contributed by atoms with Crippen molar-refractivity contribution in [3.63, 3.8) is 0 Å². The second-order valence-electron chi connectivity index (χ2n) is 3.78. The number of benzene rings is 1. The van der Waals surface area contributed by atoms with Gasteiger partial charge in [-0.15, -0.1) is 0 Å². The Morgan fingerprint density at radius 3 is 2.35 bits per heavy atom. The third-order valence-corrected chi connectivity index (χ3v) is 3.26. The second kappa shape index (κ2) is 5.71. The van der Waals surface area contributed by atoms with Crippen LogP contribution in [0.1, 0.15) is 5.56 Å². The van der Waals surface area contributed by atoms with Gasteiger partial charge in [0.2, 0.25) is 0 Å².